The fourth-order valence-corrected chi connectivity index (χ4v) is 2.97. The van der Waals surface area contributed by atoms with Crippen molar-refractivity contribution in [2.75, 3.05) is 26.2 Å². The van der Waals surface area contributed by atoms with E-state index in [1.807, 2.05) is 0 Å². The number of nitrogens with one attached hydrogen (secondary N) is 1. The predicted octanol–water partition coefficient (Wildman–Crippen LogP) is 3.13. The van der Waals surface area contributed by atoms with Crippen molar-refractivity contribution in [2.24, 2.45) is 11.8 Å². The van der Waals surface area contributed by atoms with Gasteiger partial charge in [-0.15, -0.1) is 0 Å². The molecule has 1 N–H and O–H groups in total. The Morgan fingerprint density at radius 3 is 2.53 bits per heavy atom. The van der Waals surface area contributed by atoms with E-state index in [1.165, 1.54) is 45.3 Å². The highest BCUT2D eigenvalue weighted by molar-refractivity contribution is 4.76. The monoisotopic (exact) mass is 240 g/mol. The first-order valence-corrected chi connectivity index (χ1v) is 7.63. The van der Waals surface area contributed by atoms with Crippen LogP contribution in [0, 0.1) is 11.8 Å². The van der Waals surface area contributed by atoms with Crippen LogP contribution in [0.1, 0.15) is 53.4 Å². The smallest absolute Gasteiger partial charge is 0.0192 e. The summed E-state index contributed by atoms with van der Waals surface area (Å²) in [7, 11) is 0. The average molecular weight is 240 g/mol. The van der Waals surface area contributed by atoms with Crippen molar-refractivity contribution in [2.45, 2.75) is 59.4 Å². The van der Waals surface area contributed by atoms with E-state index in [0.717, 1.165) is 18.4 Å². The lowest BCUT2D eigenvalue weighted by Gasteiger charge is -2.26. The van der Waals surface area contributed by atoms with Crippen molar-refractivity contribution >= 4 is 0 Å². The highest BCUT2D eigenvalue weighted by atomic mass is 15.1. The van der Waals surface area contributed by atoms with E-state index < -0.39 is 0 Å². The summed E-state index contributed by atoms with van der Waals surface area (Å²) < 4.78 is 0. The van der Waals surface area contributed by atoms with Gasteiger partial charge in [0.25, 0.3) is 0 Å². The van der Waals surface area contributed by atoms with Gasteiger partial charge >= 0.3 is 0 Å². The fourth-order valence-electron chi connectivity index (χ4n) is 2.97. The maximum Gasteiger partial charge on any atom is 0.0192 e. The standard InChI is InChI=1S/C15H32N2/c1-5-15(16-6-2)12-17-10-7-8-14(9-11-17)13(3)4/h13-16H,5-12H2,1-4H3. The molecule has 2 unspecified atom stereocenters. The lowest BCUT2D eigenvalue weighted by Crippen LogP contribution is -2.41. The van der Waals surface area contributed by atoms with Gasteiger partial charge in [0.1, 0.15) is 0 Å². The van der Waals surface area contributed by atoms with Crippen LogP contribution >= 0.6 is 0 Å². The second kappa shape index (κ2) is 8.10. The van der Waals surface area contributed by atoms with Gasteiger partial charge in [-0.05, 0) is 57.2 Å². The molecule has 1 aliphatic heterocycles. The van der Waals surface area contributed by atoms with Crippen LogP contribution in [0.2, 0.25) is 0 Å². The van der Waals surface area contributed by atoms with Crippen molar-refractivity contribution in [1.82, 2.24) is 10.2 Å². The molecule has 2 nitrogen and oxygen atoms in total. The van der Waals surface area contributed by atoms with E-state index in [0.29, 0.717) is 6.04 Å². The van der Waals surface area contributed by atoms with E-state index in [4.69, 9.17) is 0 Å². The van der Waals surface area contributed by atoms with Gasteiger partial charge in [0.15, 0.2) is 0 Å². The molecule has 1 rings (SSSR count). The van der Waals surface area contributed by atoms with Crippen molar-refractivity contribution in [3.8, 4) is 0 Å². The van der Waals surface area contributed by atoms with Gasteiger partial charge in [0.2, 0.25) is 0 Å². The minimum Gasteiger partial charge on any atom is -0.313 e. The molecule has 0 aromatic carbocycles. The number of hydrogen-bond donors (Lipinski definition) is 1. The molecule has 17 heavy (non-hydrogen) atoms. The first kappa shape index (κ1) is 15.0. The molecular formula is C15H32N2. The predicted molar refractivity (Wildman–Crippen MR) is 76.4 cm³/mol. The van der Waals surface area contributed by atoms with Crippen LogP contribution in [0.4, 0.5) is 0 Å². The zero-order valence-electron chi connectivity index (χ0n) is 12.3. The minimum atomic E-state index is 0.690. The van der Waals surface area contributed by atoms with Crippen molar-refractivity contribution < 1.29 is 0 Å². The molecule has 1 heterocycles. The Kier molecular flexibility index (Phi) is 7.14. The molecule has 0 radical (unpaired) electrons. The summed E-state index contributed by atoms with van der Waals surface area (Å²) in [5.41, 5.74) is 0. The van der Waals surface area contributed by atoms with Gasteiger partial charge in [-0.25, -0.2) is 0 Å². The Morgan fingerprint density at radius 1 is 1.18 bits per heavy atom. The summed E-state index contributed by atoms with van der Waals surface area (Å²) in [6, 6.07) is 0.690. The largest absolute Gasteiger partial charge is 0.313 e. The Morgan fingerprint density at radius 2 is 1.94 bits per heavy atom. The number of rotatable bonds is 6. The minimum absolute atomic E-state index is 0.690. The van der Waals surface area contributed by atoms with Crippen LogP contribution in [0.25, 0.3) is 0 Å². The molecule has 1 aliphatic rings. The van der Waals surface area contributed by atoms with Crippen molar-refractivity contribution in [3.63, 3.8) is 0 Å². The maximum atomic E-state index is 3.59. The molecule has 0 aromatic heterocycles. The summed E-state index contributed by atoms with van der Waals surface area (Å²) in [5, 5.41) is 3.59. The van der Waals surface area contributed by atoms with Crippen LogP contribution < -0.4 is 5.32 Å². The molecule has 0 saturated carbocycles. The second-order valence-corrected chi connectivity index (χ2v) is 5.90. The van der Waals surface area contributed by atoms with Crippen LogP contribution in [0.15, 0.2) is 0 Å². The second-order valence-electron chi connectivity index (χ2n) is 5.90. The molecule has 0 bridgehead atoms. The Bertz CT molecular complexity index is 191. The lowest BCUT2D eigenvalue weighted by atomic mass is 9.89. The molecule has 0 amide bonds. The summed E-state index contributed by atoms with van der Waals surface area (Å²) in [6.07, 6.45) is 5.48. The third-order valence-electron chi connectivity index (χ3n) is 4.27. The van der Waals surface area contributed by atoms with Crippen LogP contribution in [-0.4, -0.2) is 37.1 Å². The van der Waals surface area contributed by atoms with Crippen molar-refractivity contribution in [3.05, 3.63) is 0 Å². The highest BCUT2D eigenvalue weighted by Gasteiger charge is 2.20. The van der Waals surface area contributed by atoms with Gasteiger partial charge in [0, 0.05) is 12.6 Å². The quantitative estimate of drug-likeness (QED) is 0.767. The third-order valence-corrected chi connectivity index (χ3v) is 4.27. The van der Waals surface area contributed by atoms with Gasteiger partial charge in [0.05, 0.1) is 0 Å². The fraction of sp³-hybridized carbons (Fsp3) is 1.00. The maximum absolute atomic E-state index is 3.59. The van der Waals surface area contributed by atoms with Gasteiger partial charge in [-0.1, -0.05) is 27.7 Å². The summed E-state index contributed by atoms with van der Waals surface area (Å²) >= 11 is 0. The molecule has 1 saturated heterocycles. The first-order valence-electron chi connectivity index (χ1n) is 7.63. The van der Waals surface area contributed by atoms with E-state index in [1.54, 1.807) is 0 Å². The molecule has 0 aliphatic carbocycles. The summed E-state index contributed by atoms with van der Waals surface area (Å²) in [6.45, 7) is 14.2. The van der Waals surface area contributed by atoms with E-state index in [2.05, 4.69) is 37.9 Å². The van der Waals surface area contributed by atoms with Gasteiger partial charge in [-0.3, -0.25) is 0 Å². The topological polar surface area (TPSA) is 15.3 Å². The molecule has 102 valence electrons. The first-order chi connectivity index (χ1) is 8.17. The van der Waals surface area contributed by atoms with Gasteiger partial charge < -0.3 is 10.2 Å². The Hall–Kier alpha value is -0.0800. The zero-order chi connectivity index (χ0) is 12.7. The van der Waals surface area contributed by atoms with E-state index in [-0.39, 0.29) is 0 Å². The Labute approximate surface area is 108 Å². The van der Waals surface area contributed by atoms with E-state index >= 15 is 0 Å². The summed E-state index contributed by atoms with van der Waals surface area (Å²) in [5.74, 6) is 1.82. The van der Waals surface area contributed by atoms with Crippen molar-refractivity contribution in [1.29, 1.82) is 0 Å². The average Bonchev–Trinajstić information content (AvgIpc) is 2.54. The molecule has 2 heteroatoms. The summed E-state index contributed by atoms with van der Waals surface area (Å²) in [4.78, 5) is 2.68. The molecular weight excluding hydrogens is 208 g/mol. The van der Waals surface area contributed by atoms with Crippen LogP contribution in [0.5, 0.6) is 0 Å². The van der Waals surface area contributed by atoms with Crippen LogP contribution in [-0.2, 0) is 0 Å². The molecule has 0 spiro atoms. The normalized spacial score (nSPS) is 24.9. The molecule has 2 atom stereocenters. The SMILES string of the molecule is CCNC(CC)CN1CCCC(C(C)C)CC1. The number of likely N-dealkylation sites (N-methyl/N-ethyl adjacent to an activating group) is 1. The third kappa shape index (κ3) is 5.39. The molecule has 1 fully saturated rings. The van der Waals surface area contributed by atoms with E-state index in [9.17, 15) is 0 Å². The Balaban J connectivity index is 2.35. The molecule has 0 aromatic rings. The lowest BCUT2D eigenvalue weighted by molar-refractivity contribution is 0.240. The number of nitrogens with zero attached hydrogens (tertiary/aromatic N) is 1. The number of likely N-dealkylation sites (tertiary alicyclic amines) is 1. The van der Waals surface area contributed by atoms with Gasteiger partial charge in [-0.2, -0.15) is 0 Å². The number of hydrogen-bond acceptors (Lipinski definition) is 2. The van der Waals surface area contributed by atoms with Crippen LogP contribution in [0.3, 0.4) is 0 Å². The zero-order valence-corrected chi connectivity index (χ0v) is 12.3. The highest BCUT2D eigenvalue weighted by Crippen LogP contribution is 2.24.